The highest BCUT2D eigenvalue weighted by atomic mass is 32.1. The number of carbonyl (C=O) groups excluding carboxylic acids is 2. The Bertz CT molecular complexity index is 1270. The van der Waals surface area contributed by atoms with Crippen molar-refractivity contribution in [3.8, 4) is 21.8 Å². The standard InChI is InChI=1S/C26H21N3O2S/c30-24(18-5-2-1-3-6-18)16-29-23-10-9-20(15-21(23)7-4-8-25(29)31)22-17-32-26(28-22)19-11-13-27-14-12-19/h1-3,5-6,9-15,17H,4,7-8,16H2. The number of hydrogen-bond donors (Lipinski definition) is 0. The molecular weight excluding hydrogens is 418 g/mol. The lowest BCUT2D eigenvalue weighted by molar-refractivity contribution is -0.118. The van der Waals surface area contributed by atoms with E-state index in [1.54, 1.807) is 40.8 Å². The number of rotatable bonds is 5. The summed E-state index contributed by atoms with van der Waals surface area (Å²) >= 11 is 1.60. The molecule has 0 N–H and O–H groups in total. The summed E-state index contributed by atoms with van der Waals surface area (Å²) < 4.78 is 0. The molecule has 0 aliphatic carbocycles. The Kier molecular flexibility index (Phi) is 5.60. The van der Waals surface area contributed by atoms with Gasteiger partial charge in [0.15, 0.2) is 5.78 Å². The van der Waals surface area contributed by atoms with Gasteiger partial charge in [0.05, 0.1) is 12.2 Å². The molecule has 0 atom stereocenters. The van der Waals surface area contributed by atoms with E-state index in [1.165, 1.54) is 0 Å². The Morgan fingerprint density at radius 3 is 2.59 bits per heavy atom. The van der Waals surface area contributed by atoms with Crippen molar-refractivity contribution in [3.05, 3.63) is 89.6 Å². The molecule has 32 heavy (non-hydrogen) atoms. The van der Waals surface area contributed by atoms with Gasteiger partial charge in [-0.05, 0) is 42.7 Å². The number of benzene rings is 2. The minimum Gasteiger partial charge on any atom is -0.304 e. The maximum Gasteiger partial charge on any atom is 0.227 e. The van der Waals surface area contributed by atoms with Crippen LogP contribution in [0.4, 0.5) is 5.69 Å². The van der Waals surface area contributed by atoms with Gasteiger partial charge in [-0.25, -0.2) is 4.98 Å². The third-order valence-corrected chi connectivity index (χ3v) is 6.52. The average Bonchev–Trinajstić information content (AvgIpc) is 3.28. The number of Topliss-reactive ketones (excluding diaryl/α,β-unsaturated/α-hetero) is 1. The summed E-state index contributed by atoms with van der Waals surface area (Å²) in [5.74, 6) is -0.0632. The smallest absolute Gasteiger partial charge is 0.227 e. The Labute approximate surface area is 190 Å². The molecule has 6 heteroatoms. The molecular formula is C26H21N3O2S. The van der Waals surface area contributed by atoms with Crippen molar-refractivity contribution in [2.45, 2.75) is 19.3 Å². The van der Waals surface area contributed by atoms with E-state index in [0.717, 1.165) is 45.9 Å². The van der Waals surface area contributed by atoms with Crippen LogP contribution in [0.5, 0.6) is 0 Å². The molecule has 2 aromatic heterocycles. The Morgan fingerprint density at radius 1 is 0.969 bits per heavy atom. The van der Waals surface area contributed by atoms with Crippen molar-refractivity contribution in [2.75, 3.05) is 11.4 Å². The highest BCUT2D eigenvalue weighted by molar-refractivity contribution is 7.13. The number of ketones is 1. The van der Waals surface area contributed by atoms with Gasteiger partial charge in [-0.15, -0.1) is 11.3 Å². The normalized spacial score (nSPS) is 13.5. The molecule has 0 fully saturated rings. The fourth-order valence-electron chi connectivity index (χ4n) is 3.97. The summed E-state index contributed by atoms with van der Waals surface area (Å²) in [7, 11) is 0. The molecule has 3 heterocycles. The van der Waals surface area contributed by atoms with Crippen LogP contribution in [0.25, 0.3) is 21.8 Å². The molecule has 0 saturated carbocycles. The minimum absolute atomic E-state index is 0.00517. The van der Waals surface area contributed by atoms with Crippen molar-refractivity contribution in [1.82, 2.24) is 9.97 Å². The second kappa shape index (κ2) is 8.85. The third kappa shape index (κ3) is 4.09. The Hall–Kier alpha value is -3.64. The van der Waals surface area contributed by atoms with Crippen LogP contribution in [0.3, 0.4) is 0 Å². The molecule has 1 aliphatic rings. The van der Waals surface area contributed by atoms with Gasteiger partial charge in [0.1, 0.15) is 5.01 Å². The zero-order chi connectivity index (χ0) is 21.9. The first-order valence-corrected chi connectivity index (χ1v) is 11.4. The number of carbonyl (C=O) groups is 2. The van der Waals surface area contributed by atoms with E-state index in [2.05, 4.69) is 16.4 Å². The van der Waals surface area contributed by atoms with Crippen molar-refractivity contribution < 1.29 is 9.59 Å². The van der Waals surface area contributed by atoms with E-state index in [1.807, 2.05) is 42.5 Å². The number of nitrogens with zero attached hydrogens (tertiary/aromatic N) is 3. The maximum absolute atomic E-state index is 12.8. The summed E-state index contributed by atoms with van der Waals surface area (Å²) in [6.45, 7) is 0.0537. The number of thiazole rings is 1. The van der Waals surface area contributed by atoms with Gasteiger partial charge in [-0.1, -0.05) is 36.4 Å². The topological polar surface area (TPSA) is 63.2 Å². The lowest BCUT2D eigenvalue weighted by atomic mass is 10.0. The number of aryl methyl sites for hydroxylation is 1. The molecule has 0 unspecified atom stereocenters. The number of amides is 1. The largest absolute Gasteiger partial charge is 0.304 e. The van der Waals surface area contributed by atoms with Crippen LogP contribution in [0, 0.1) is 0 Å². The van der Waals surface area contributed by atoms with Crippen molar-refractivity contribution in [2.24, 2.45) is 0 Å². The lowest BCUT2D eigenvalue weighted by Crippen LogP contribution is -2.35. The van der Waals surface area contributed by atoms with E-state index in [9.17, 15) is 9.59 Å². The van der Waals surface area contributed by atoms with Crippen LogP contribution in [0.1, 0.15) is 28.8 Å². The van der Waals surface area contributed by atoms with E-state index < -0.39 is 0 Å². The Morgan fingerprint density at radius 2 is 1.78 bits per heavy atom. The van der Waals surface area contributed by atoms with Crippen LogP contribution in [-0.4, -0.2) is 28.2 Å². The first kappa shape index (κ1) is 20.3. The quantitative estimate of drug-likeness (QED) is 0.389. The average molecular weight is 440 g/mol. The van der Waals surface area contributed by atoms with E-state index in [4.69, 9.17) is 4.98 Å². The van der Waals surface area contributed by atoms with Crippen molar-refractivity contribution in [3.63, 3.8) is 0 Å². The van der Waals surface area contributed by atoms with Crippen LogP contribution >= 0.6 is 11.3 Å². The second-order valence-corrected chi connectivity index (χ2v) is 8.60. The number of hydrogen-bond acceptors (Lipinski definition) is 5. The van der Waals surface area contributed by atoms with Crippen LogP contribution < -0.4 is 4.90 Å². The summed E-state index contributed by atoms with van der Waals surface area (Å²) in [5, 5.41) is 3.00. The molecule has 1 amide bonds. The molecule has 5 nitrogen and oxygen atoms in total. The lowest BCUT2D eigenvalue weighted by Gasteiger charge is -2.23. The fraction of sp³-hybridized carbons (Fsp3) is 0.154. The third-order valence-electron chi connectivity index (χ3n) is 5.63. The van der Waals surface area contributed by atoms with Crippen LogP contribution in [0.15, 0.2) is 78.4 Å². The molecule has 1 aliphatic heterocycles. The van der Waals surface area contributed by atoms with Gasteiger partial charge >= 0.3 is 0 Å². The molecule has 0 spiro atoms. The van der Waals surface area contributed by atoms with Gasteiger partial charge in [0, 0.05) is 46.6 Å². The van der Waals surface area contributed by atoms with Crippen LogP contribution in [0.2, 0.25) is 0 Å². The summed E-state index contributed by atoms with van der Waals surface area (Å²) in [5.41, 5.74) is 5.49. The van der Waals surface area contributed by atoms with E-state index >= 15 is 0 Å². The number of anilines is 1. The highest BCUT2D eigenvalue weighted by Crippen LogP contribution is 2.34. The molecule has 0 saturated heterocycles. The van der Waals surface area contributed by atoms with Crippen molar-refractivity contribution >= 4 is 28.7 Å². The first-order chi connectivity index (χ1) is 15.7. The molecule has 5 rings (SSSR count). The first-order valence-electron chi connectivity index (χ1n) is 10.6. The fourth-order valence-corrected chi connectivity index (χ4v) is 4.81. The van der Waals surface area contributed by atoms with Gasteiger partial charge in [-0.2, -0.15) is 0 Å². The zero-order valence-corrected chi connectivity index (χ0v) is 18.2. The van der Waals surface area contributed by atoms with Gasteiger partial charge < -0.3 is 4.90 Å². The zero-order valence-electron chi connectivity index (χ0n) is 17.4. The van der Waals surface area contributed by atoms with Gasteiger partial charge in [-0.3, -0.25) is 14.6 Å². The minimum atomic E-state index is -0.0580. The molecule has 0 radical (unpaired) electrons. The van der Waals surface area contributed by atoms with E-state index in [-0.39, 0.29) is 18.2 Å². The number of aromatic nitrogens is 2. The molecule has 158 valence electrons. The molecule has 4 aromatic rings. The monoisotopic (exact) mass is 439 g/mol. The maximum atomic E-state index is 12.8. The van der Waals surface area contributed by atoms with E-state index in [0.29, 0.717) is 12.0 Å². The number of pyridine rings is 1. The Balaban J connectivity index is 1.45. The van der Waals surface area contributed by atoms with Gasteiger partial charge in [0.2, 0.25) is 5.91 Å². The van der Waals surface area contributed by atoms with Gasteiger partial charge in [0.25, 0.3) is 0 Å². The predicted octanol–water partition coefficient (Wildman–Crippen LogP) is 5.42. The molecule has 0 bridgehead atoms. The summed E-state index contributed by atoms with van der Waals surface area (Å²) in [6, 6.07) is 19.1. The summed E-state index contributed by atoms with van der Waals surface area (Å²) in [6.07, 6.45) is 5.54. The van der Waals surface area contributed by atoms with Crippen molar-refractivity contribution in [1.29, 1.82) is 0 Å². The number of fused-ring (bicyclic) bond motifs is 1. The second-order valence-electron chi connectivity index (χ2n) is 7.74. The highest BCUT2D eigenvalue weighted by Gasteiger charge is 2.25. The molecule has 2 aromatic carbocycles. The predicted molar refractivity (Wildman–Crippen MR) is 127 cm³/mol. The summed E-state index contributed by atoms with van der Waals surface area (Å²) in [4.78, 5) is 36.1. The SMILES string of the molecule is O=C(CN1C(=O)CCCc2cc(-c3csc(-c4ccncc4)n3)ccc21)c1ccccc1. The van der Waals surface area contributed by atoms with Crippen LogP contribution in [-0.2, 0) is 11.2 Å².